The lowest BCUT2D eigenvalue weighted by atomic mass is 9.99. The molecule has 154 valence electrons. The Hall–Kier alpha value is -2.96. The van der Waals surface area contributed by atoms with Crippen LogP contribution in [0.4, 0.5) is 13.2 Å². The highest BCUT2D eigenvalue weighted by Gasteiger charge is 2.15. The van der Waals surface area contributed by atoms with Crippen LogP contribution in [0, 0.1) is 19.7 Å². The number of benzene rings is 2. The second kappa shape index (κ2) is 8.59. The number of carboxylic acid groups (broad SMARTS) is 1. The highest BCUT2D eigenvalue weighted by Crippen LogP contribution is 2.29. The van der Waals surface area contributed by atoms with Crippen molar-refractivity contribution in [2.45, 2.75) is 46.1 Å². The van der Waals surface area contributed by atoms with Crippen molar-refractivity contribution < 1.29 is 32.2 Å². The molecule has 0 unspecified atom stereocenters. The van der Waals surface area contributed by atoms with Crippen LogP contribution >= 0.6 is 0 Å². The largest absolute Gasteiger partial charge is 0.488 e. The first-order valence-corrected chi connectivity index (χ1v) is 9.17. The van der Waals surface area contributed by atoms with E-state index in [4.69, 9.17) is 14.3 Å². The molecular weight excluding hydrogens is 385 g/mol. The smallest absolute Gasteiger partial charge is 0.303 e. The van der Waals surface area contributed by atoms with Gasteiger partial charge in [0.25, 0.3) is 0 Å². The third kappa shape index (κ3) is 4.91. The van der Waals surface area contributed by atoms with Crippen LogP contribution in [0.2, 0.25) is 0 Å². The first-order chi connectivity index (χ1) is 13.7. The van der Waals surface area contributed by atoms with Crippen molar-refractivity contribution in [3.05, 3.63) is 64.2 Å². The molecule has 1 aromatic heterocycles. The first kappa shape index (κ1) is 20.8. The zero-order valence-electron chi connectivity index (χ0n) is 16.1. The van der Waals surface area contributed by atoms with Gasteiger partial charge in [-0.25, -0.2) is 13.2 Å². The van der Waals surface area contributed by atoms with Gasteiger partial charge in [0.05, 0.1) is 6.42 Å². The van der Waals surface area contributed by atoms with Gasteiger partial charge in [-0.15, -0.1) is 0 Å². The number of fused-ring (bicyclic) bond motifs is 1. The van der Waals surface area contributed by atoms with E-state index in [1.165, 1.54) is 18.2 Å². The molecule has 0 spiro atoms. The molecule has 0 aliphatic heterocycles. The summed E-state index contributed by atoms with van der Waals surface area (Å²) in [4.78, 5) is 10.8. The van der Waals surface area contributed by atoms with Crippen molar-refractivity contribution in [1.29, 1.82) is 0 Å². The standard InChI is InChI=1S/C22H21F3O4/c1-12-13(2)19(5-3-14(12)4-6-21(26)27)28-11-16-8-17(23)7-15-9-18(10-20(24)25)29-22(15)16/h3,5,7-9,20H,4,6,10-11H2,1-2H3,(H,26,27). The molecule has 7 heteroatoms. The van der Waals surface area contributed by atoms with Crippen molar-refractivity contribution >= 4 is 16.9 Å². The summed E-state index contributed by atoms with van der Waals surface area (Å²) in [6.07, 6.45) is -2.62. The zero-order chi connectivity index (χ0) is 21.1. The number of ether oxygens (including phenoxy) is 1. The summed E-state index contributed by atoms with van der Waals surface area (Å²) < 4.78 is 50.5. The molecule has 4 nitrogen and oxygen atoms in total. The maximum Gasteiger partial charge on any atom is 0.303 e. The Morgan fingerprint density at radius 3 is 2.59 bits per heavy atom. The molecule has 0 bridgehead atoms. The minimum Gasteiger partial charge on any atom is -0.488 e. The van der Waals surface area contributed by atoms with Crippen LogP contribution in [0.5, 0.6) is 5.75 Å². The van der Waals surface area contributed by atoms with E-state index in [0.29, 0.717) is 28.7 Å². The molecule has 0 fully saturated rings. The van der Waals surface area contributed by atoms with Gasteiger partial charge in [-0.1, -0.05) is 6.07 Å². The highest BCUT2D eigenvalue weighted by atomic mass is 19.3. The minimum absolute atomic E-state index is 0.00461. The Kier molecular flexibility index (Phi) is 6.15. The zero-order valence-corrected chi connectivity index (χ0v) is 16.1. The predicted octanol–water partition coefficient (Wildman–Crippen LogP) is 5.59. The van der Waals surface area contributed by atoms with Crippen molar-refractivity contribution in [1.82, 2.24) is 0 Å². The Labute approximate surface area is 165 Å². The number of hydrogen-bond acceptors (Lipinski definition) is 3. The Morgan fingerprint density at radius 1 is 1.14 bits per heavy atom. The number of hydrogen-bond donors (Lipinski definition) is 1. The number of halogens is 3. The van der Waals surface area contributed by atoms with Crippen molar-refractivity contribution in [2.75, 3.05) is 0 Å². The molecule has 0 aliphatic carbocycles. The van der Waals surface area contributed by atoms with E-state index >= 15 is 0 Å². The van der Waals surface area contributed by atoms with Gasteiger partial charge in [0, 0.05) is 17.4 Å². The summed E-state index contributed by atoms with van der Waals surface area (Å²) >= 11 is 0. The first-order valence-electron chi connectivity index (χ1n) is 9.17. The lowest BCUT2D eigenvalue weighted by Crippen LogP contribution is -2.03. The van der Waals surface area contributed by atoms with E-state index in [-0.39, 0.29) is 18.8 Å². The fraction of sp³-hybridized carbons (Fsp3) is 0.318. The molecular formula is C22H21F3O4. The number of alkyl halides is 2. The van der Waals surface area contributed by atoms with Gasteiger partial charge < -0.3 is 14.3 Å². The normalized spacial score (nSPS) is 11.4. The van der Waals surface area contributed by atoms with Crippen LogP contribution in [0.15, 0.2) is 34.7 Å². The molecule has 1 N–H and O–H groups in total. The second-order valence-electron chi connectivity index (χ2n) is 6.95. The lowest BCUT2D eigenvalue weighted by Gasteiger charge is -2.14. The number of aryl methyl sites for hydroxylation is 1. The van der Waals surface area contributed by atoms with E-state index < -0.39 is 24.6 Å². The van der Waals surface area contributed by atoms with Crippen molar-refractivity contribution in [2.24, 2.45) is 0 Å². The third-order valence-electron chi connectivity index (χ3n) is 4.91. The van der Waals surface area contributed by atoms with Gasteiger partial charge in [0.2, 0.25) is 6.43 Å². The second-order valence-corrected chi connectivity index (χ2v) is 6.95. The molecule has 0 atom stereocenters. The predicted molar refractivity (Wildman–Crippen MR) is 102 cm³/mol. The topological polar surface area (TPSA) is 59.7 Å². The van der Waals surface area contributed by atoms with E-state index in [2.05, 4.69) is 0 Å². The summed E-state index contributed by atoms with van der Waals surface area (Å²) in [6.45, 7) is 3.76. The fourth-order valence-electron chi connectivity index (χ4n) is 3.27. The third-order valence-corrected chi connectivity index (χ3v) is 4.91. The van der Waals surface area contributed by atoms with Gasteiger partial charge in [0.1, 0.15) is 29.5 Å². The summed E-state index contributed by atoms with van der Waals surface area (Å²) in [6, 6.07) is 7.49. The molecule has 29 heavy (non-hydrogen) atoms. The summed E-state index contributed by atoms with van der Waals surface area (Å²) in [7, 11) is 0. The molecule has 0 radical (unpaired) electrons. The Morgan fingerprint density at radius 2 is 1.90 bits per heavy atom. The molecule has 3 aromatic rings. The molecule has 0 saturated heterocycles. The van der Waals surface area contributed by atoms with E-state index in [1.54, 1.807) is 6.07 Å². The Bertz CT molecular complexity index is 1040. The van der Waals surface area contributed by atoms with E-state index in [1.807, 2.05) is 19.9 Å². The average molecular weight is 406 g/mol. The van der Waals surface area contributed by atoms with Gasteiger partial charge in [-0.3, -0.25) is 4.79 Å². The summed E-state index contributed by atoms with van der Waals surface area (Å²) in [5, 5.41) is 9.27. The van der Waals surface area contributed by atoms with Crippen LogP contribution < -0.4 is 4.74 Å². The number of rotatable bonds is 8. The number of carbonyl (C=O) groups is 1. The quantitative estimate of drug-likeness (QED) is 0.530. The number of carboxylic acids is 1. The van der Waals surface area contributed by atoms with Crippen LogP contribution in [0.25, 0.3) is 11.0 Å². The van der Waals surface area contributed by atoms with E-state index in [9.17, 15) is 18.0 Å². The summed E-state index contributed by atoms with van der Waals surface area (Å²) in [5.74, 6) is -0.686. The maximum atomic E-state index is 13.9. The molecule has 0 amide bonds. The maximum absolute atomic E-state index is 13.9. The Balaban J connectivity index is 1.82. The minimum atomic E-state index is -2.55. The molecule has 0 saturated carbocycles. The van der Waals surface area contributed by atoms with Crippen molar-refractivity contribution in [3.8, 4) is 5.75 Å². The van der Waals surface area contributed by atoms with Crippen molar-refractivity contribution in [3.63, 3.8) is 0 Å². The van der Waals surface area contributed by atoms with Crippen LogP contribution in [-0.2, 0) is 24.2 Å². The van der Waals surface area contributed by atoms with E-state index in [0.717, 1.165) is 16.7 Å². The highest BCUT2D eigenvalue weighted by molar-refractivity contribution is 5.81. The molecule has 1 heterocycles. The number of aliphatic carboxylic acids is 1. The average Bonchev–Trinajstić information content (AvgIpc) is 3.03. The SMILES string of the molecule is Cc1c(CCC(=O)O)ccc(OCc2cc(F)cc3cc(CC(F)F)oc23)c1C. The number of furan rings is 1. The lowest BCUT2D eigenvalue weighted by molar-refractivity contribution is -0.136. The monoisotopic (exact) mass is 406 g/mol. The van der Waals surface area contributed by atoms with Crippen LogP contribution in [-0.4, -0.2) is 17.5 Å². The summed E-state index contributed by atoms with van der Waals surface area (Å²) in [5.41, 5.74) is 3.47. The van der Waals surface area contributed by atoms with Gasteiger partial charge in [0.15, 0.2) is 0 Å². The van der Waals surface area contributed by atoms with Gasteiger partial charge in [-0.2, -0.15) is 0 Å². The molecule has 2 aromatic carbocycles. The molecule has 3 rings (SSSR count). The fourth-order valence-corrected chi connectivity index (χ4v) is 3.27. The van der Waals surface area contributed by atoms with Crippen LogP contribution in [0.3, 0.4) is 0 Å². The van der Waals surface area contributed by atoms with Gasteiger partial charge >= 0.3 is 5.97 Å². The van der Waals surface area contributed by atoms with Crippen LogP contribution in [0.1, 0.15) is 34.4 Å². The molecule has 0 aliphatic rings. The van der Waals surface area contributed by atoms with Gasteiger partial charge in [-0.05, 0) is 61.2 Å².